The summed E-state index contributed by atoms with van der Waals surface area (Å²) in [7, 11) is 0. The Morgan fingerprint density at radius 2 is 2.19 bits per heavy atom. The molecule has 1 heterocycles. The summed E-state index contributed by atoms with van der Waals surface area (Å²) < 4.78 is 0. The standard InChI is InChI=1S/C14H22N2/c1-11-8-12(2)16(10-11)7-6-13-4-3-5-14(15)9-13/h3-5,9,11-12H,6-8,10,15H2,1-2H3. The number of nitrogens with two attached hydrogens (primary N) is 1. The van der Waals surface area contributed by atoms with E-state index in [1.165, 1.54) is 18.5 Å². The summed E-state index contributed by atoms with van der Waals surface area (Å²) in [6.07, 6.45) is 2.46. The maximum absolute atomic E-state index is 5.78. The number of likely N-dealkylation sites (tertiary alicyclic amines) is 1. The lowest BCUT2D eigenvalue weighted by Gasteiger charge is -2.20. The summed E-state index contributed by atoms with van der Waals surface area (Å²) in [4.78, 5) is 2.59. The van der Waals surface area contributed by atoms with E-state index in [4.69, 9.17) is 5.73 Å². The average molecular weight is 218 g/mol. The fraction of sp³-hybridized carbons (Fsp3) is 0.571. The van der Waals surface area contributed by atoms with E-state index in [0.717, 1.165) is 30.6 Å². The second-order valence-corrected chi connectivity index (χ2v) is 5.18. The van der Waals surface area contributed by atoms with Crippen molar-refractivity contribution in [3.05, 3.63) is 29.8 Å². The molecule has 1 saturated heterocycles. The Kier molecular flexibility index (Phi) is 3.49. The van der Waals surface area contributed by atoms with Crippen LogP contribution in [0, 0.1) is 5.92 Å². The second-order valence-electron chi connectivity index (χ2n) is 5.18. The molecule has 2 atom stereocenters. The van der Waals surface area contributed by atoms with Gasteiger partial charge in [0.25, 0.3) is 0 Å². The van der Waals surface area contributed by atoms with Gasteiger partial charge in [-0.3, -0.25) is 0 Å². The molecule has 2 nitrogen and oxygen atoms in total. The lowest BCUT2D eigenvalue weighted by Crippen LogP contribution is -2.29. The topological polar surface area (TPSA) is 29.3 Å². The van der Waals surface area contributed by atoms with Crippen LogP contribution in [0.5, 0.6) is 0 Å². The molecule has 1 aromatic carbocycles. The molecule has 2 heteroatoms. The molecule has 0 bridgehead atoms. The predicted molar refractivity (Wildman–Crippen MR) is 69.4 cm³/mol. The highest BCUT2D eigenvalue weighted by Crippen LogP contribution is 2.22. The van der Waals surface area contributed by atoms with E-state index in [1.807, 2.05) is 12.1 Å². The van der Waals surface area contributed by atoms with E-state index in [0.29, 0.717) is 0 Å². The SMILES string of the molecule is CC1CC(C)N(CCc2cccc(N)c2)C1. The quantitative estimate of drug-likeness (QED) is 0.790. The molecule has 2 unspecified atom stereocenters. The van der Waals surface area contributed by atoms with Crippen LogP contribution < -0.4 is 5.73 Å². The summed E-state index contributed by atoms with van der Waals surface area (Å²) in [6.45, 7) is 7.10. The summed E-state index contributed by atoms with van der Waals surface area (Å²) in [5.74, 6) is 0.857. The molecule has 1 aliphatic heterocycles. The molecule has 2 rings (SSSR count). The number of benzene rings is 1. The van der Waals surface area contributed by atoms with E-state index in [-0.39, 0.29) is 0 Å². The Morgan fingerprint density at radius 1 is 1.38 bits per heavy atom. The lowest BCUT2D eigenvalue weighted by atomic mass is 10.1. The fourth-order valence-electron chi connectivity index (χ4n) is 2.72. The maximum atomic E-state index is 5.78. The molecule has 0 amide bonds. The van der Waals surface area contributed by atoms with Crippen molar-refractivity contribution in [2.24, 2.45) is 5.92 Å². The molecular formula is C14H22N2. The Labute approximate surface area is 98.4 Å². The molecule has 0 spiro atoms. The van der Waals surface area contributed by atoms with Crippen LogP contribution >= 0.6 is 0 Å². The van der Waals surface area contributed by atoms with Crippen molar-refractivity contribution < 1.29 is 0 Å². The van der Waals surface area contributed by atoms with E-state index in [1.54, 1.807) is 0 Å². The van der Waals surface area contributed by atoms with Crippen molar-refractivity contribution in [3.8, 4) is 0 Å². The molecule has 1 aliphatic rings. The average Bonchev–Trinajstić information content (AvgIpc) is 2.54. The minimum Gasteiger partial charge on any atom is -0.399 e. The van der Waals surface area contributed by atoms with Gasteiger partial charge in [0.15, 0.2) is 0 Å². The number of nitrogen functional groups attached to an aromatic ring is 1. The van der Waals surface area contributed by atoms with E-state index in [9.17, 15) is 0 Å². The third-order valence-corrected chi connectivity index (χ3v) is 3.55. The van der Waals surface area contributed by atoms with Crippen LogP contribution in [0.2, 0.25) is 0 Å². The molecule has 88 valence electrons. The van der Waals surface area contributed by atoms with Crippen LogP contribution in [-0.2, 0) is 6.42 Å². The van der Waals surface area contributed by atoms with Crippen molar-refractivity contribution in [1.29, 1.82) is 0 Å². The van der Waals surface area contributed by atoms with Crippen LogP contribution in [0.15, 0.2) is 24.3 Å². The molecule has 1 aromatic rings. The van der Waals surface area contributed by atoms with Gasteiger partial charge in [0.1, 0.15) is 0 Å². The number of nitrogens with zero attached hydrogens (tertiary/aromatic N) is 1. The molecular weight excluding hydrogens is 196 g/mol. The van der Waals surface area contributed by atoms with Gasteiger partial charge in [-0.2, -0.15) is 0 Å². The number of rotatable bonds is 3. The Morgan fingerprint density at radius 3 is 2.81 bits per heavy atom. The zero-order valence-corrected chi connectivity index (χ0v) is 10.3. The third kappa shape index (κ3) is 2.76. The second kappa shape index (κ2) is 4.88. The van der Waals surface area contributed by atoms with E-state index < -0.39 is 0 Å². The van der Waals surface area contributed by atoms with Crippen molar-refractivity contribution >= 4 is 5.69 Å². The molecule has 0 radical (unpaired) electrons. The highest BCUT2D eigenvalue weighted by molar-refractivity contribution is 5.40. The molecule has 0 aliphatic carbocycles. The van der Waals surface area contributed by atoms with Crippen LogP contribution in [0.4, 0.5) is 5.69 Å². The number of anilines is 1. The summed E-state index contributed by atoms with van der Waals surface area (Å²) >= 11 is 0. The highest BCUT2D eigenvalue weighted by atomic mass is 15.2. The van der Waals surface area contributed by atoms with Crippen LogP contribution in [0.25, 0.3) is 0 Å². The predicted octanol–water partition coefficient (Wildman–Crippen LogP) is 2.54. The largest absolute Gasteiger partial charge is 0.399 e. The fourth-order valence-corrected chi connectivity index (χ4v) is 2.72. The molecule has 16 heavy (non-hydrogen) atoms. The van der Waals surface area contributed by atoms with Gasteiger partial charge in [0.05, 0.1) is 0 Å². The minimum atomic E-state index is 0.746. The first-order valence-corrected chi connectivity index (χ1v) is 6.23. The normalized spacial score (nSPS) is 26.1. The van der Waals surface area contributed by atoms with Crippen molar-refractivity contribution in [2.45, 2.75) is 32.7 Å². The summed E-state index contributed by atoms with van der Waals surface area (Å²) in [5, 5.41) is 0. The smallest absolute Gasteiger partial charge is 0.0316 e. The monoisotopic (exact) mass is 218 g/mol. The van der Waals surface area contributed by atoms with Crippen molar-refractivity contribution in [2.75, 3.05) is 18.8 Å². The molecule has 0 aromatic heterocycles. The van der Waals surface area contributed by atoms with Crippen LogP contribution in [-0.4, -0.2) is 24.0 Å². The first-order chi connectivity index (χ1) is 7.65. The summed E-state index contributed by atoms with van der Waals surface area (Å²) in [5.41, 5.74) is 8.01. The lowest BCUT2D eigenvalue weighted by molar-refractivity contribution is 0.268. The van der Waals surface area contributed by atoms with Gasteiger partial charge in [0.2, 0.25) is 0 Å². The van der Waals surface area contributed by atoms with Crippen LogP contribution in [0.3, 0.4) is 0 Å². The third-order valence-electron chi connectivity index (χ3n) is 3.55. The van der Waals surface area contributed by atoms with Gasteiger partial charge < -0.3 is 10.6 Å². The number of hydrogen-bond acceptors (Lipinski definition) is 2. The van der Waals surface area contributed by atoms with E-state index in [2.05, 4.69) is 30.9 Å². The van der Waals surface area contributed by atoms with Crippen LogP contribution in [0.1, 0.15) is 25.8 Å². The first-order valence-electron chi connectivity index (χ1n) is 6.23. The Bertz CT molecular complexity index is 348. The Balaban J connectivity index is 1.88. The van der Waals surface area contributed by atoms with Gasteiger partial charge in [-0.25, -0.2) is 0 Å². The molecule has 2 N–H and O–H groups in total. The maximum Gasteiger partial charge on any atom is 0.0316 e. The van der Waals surface area contributed by atoms with Crippen molar-refractivity contribution in [1.82, 2.24) is 4.90 Å². The zero-order chi connectivity index (χ0) is 11.5. The molecule has 1 fully saturated rings. The first kappa shape index (κ1) is 11.5. The highest BCUT2D eigenvalue weighted by Gasteiger charge is 2.25. The van der Waals surface area contributed by atoms with Gasteiger partial charge >= 0.3 is 0 Å². The summed E-state index contributed by atoms with van der Waals surface area (Å²) in [6, 6.07) is 8.99. The molecule has 0 saturated carbocycles. The van der Waals surface area contributed by atoms with Gasteiger partial charge in [-0.05, 0) is 43.4 Å². The van der Waals surface area contributed by atoms with Crippen molar-refractivity contribution in [3.63, 3.8) is 0 Å². The van der Waals surface area contributed by atoms with E-state index >= 15 is 0 Å². The zero-order valence-electron chi connectivity index (χ0n) is 10.3. The number of hydrogen-bond donors (Lipinski definition) is 1. The van der Waals surface area contributed by atoms with Gasteiger partial charge in [-0.1, -0.05) is 19.1 Å². The van der Waals surface area contributed by atoms with Gasteiger partial charge in [0, 0.05) is 24.8 Å². The Hall–Kier alpha value is -1.02. The minimum absolute atomic E-state index is 0.746. The van der Waals surface area contributed by atoms with Gasteiger partial charge in [-0.15, -0.1) is 0 Å².